The van der Waals surface area contributed by atoms with Crippen molar-refractivity contribution in [3.8, 4) is 6.01 Å². The maximum Gasteiger partial charge on any atom is 0.317 e. The van der Waals surface area contributed by atoms with E-state index < -0.39 is 17.8 Å². The van der Waals surface area contributed by atoms with Crippen LogP contribution in [-0.4, -0.2) is 68.1 Å². The molecule has 0 unspecified atom stereocenters. The molecule has 1 saturated carbocycles. The monoisotopic (exact) mass is 533 g/mol. The Morgan fingerprint density at radius 2 is 1.97 bits per heavy atom. The molecule has 0 spiro atoms. The number of amides is 1. The largest absolute Gasteiger partial charge is 0.457 e. The Kier molecular flexibility index (Phi) is 6.56. The average molecular weight is 534 g/mol. The fourth-order valence-corrected chi connectivity index (χ4v) is 5.79. The summed E-state index contributed by atoms with van der Waals surface area (Å²) in [4.78, 5) is 24.9. The van der Waals surface area contributed by atoms with Crippen LogP contribution in [0.25, 0.3) is 21.8 Å². The number of carbonyl (C=O) groups is 1. The topological polar surface area (TPSA) is 117 Å². The third kappa shape index (κ3) is 4.99. The molecule has 1 aliphatic heterocycles. The third-order valence-electron chi connectivity index (χ3n) is 7.46. The molecule has 6 rings (SSSR count). The van der Waals surface area contributed by atoms with Gasteiger partial charge in [0.2, 0.25) is 0 Å². The molecular weight excluding hydrogens is 501 g/mol. The number of carbonyl (C=O) groups excluding carboxylic acids is 1. The number of rotatable bonds is 5. The molecule has 4 atom stereocenters. The summed E-state index contributed by atoms with van der Waals surface area (Å²) in [7, 11) is 1.72. The normalized spacial score (nSPS) is 23.5. The molecule has 39 heavy (non-hydrogen) atoms. The summed E-state index contributed by atoms with van der Waals surface area (Å²) in [5.41, 5.74) is 2.24. The van der Waals surface area contributed by atoms with Gasteiger partial charge in [0, 0.05) is 66.8 Å². The van der Waals surface area contributed by atoms with Crippen LogP contribution < -0.4 is 20.3 Å². The molecule has 0 radical (unpaired) electrons. The predicted octanol–water partition coefficient (Wildman–Crippen LogP) is 3.39. The molecule has 204 valence electrons. The third-order valence-corrected chi connectivity index (χ3v) is 7.46. The van der Waals surface area contributed by atoms with Crippen LogP contribution in [0.15, 0.2) is 36.7 Å². The molecule has 2 aromatic carbocycles. The van der Waals surface area contributed by atoms with E-state index in [0.29, 0.717) is 28.6 Å². The first-order valence-corrected chi connectivity index (χ1v) is 13.3. The number of fused-ring (bicyclic) bond motifs is 2. The van der Waals surface area contributed by atoms with Gasteiger partial charge in [0.25, 0.3) is 5.91 Å². The highest BCUT2D eigenvalue weighted by atomic mass is 19.1. The number of halogens is 1. The zero-order valence-electron chi connectivity index (χ0n) is 22.2. The standard InChI is InChI=1S/C28H32FN7O3/c1-15-12-36(13-16(2)31-15)22-8-7-19(26-20(22)11-30-28(33-26)39-24-6-4-5-23(24)37)27(38)32-18-9-17-14-35(3)34-25(17)21(29)10-18/h7-11,14-16,23-24,31,37H,4-6,12-13H2,1-3H3,(H,32,38)/t15-,16+,23-,24-/m0/s1. The number of hydrogen-bond acceptors (Lipinski definition) is 8. The molecule has 10 nitrogen and oxygen atoms in total. The SMILES string of the molecule is C[C@@H]1CN(c2ccc(C(=O)Nc3cc(F)c4nn(C)cc4c3)c3nc(O[C@H]4CCC[C@@H]4O)ncc23)C[C@H](C)N1. The van der Waals surface area contributed by atoms with E-state index in [1.807, 2.05) is 6.07 Å². The van der Waals surface area contributed by atoms with Gasteiger partial charge < -0.3 is 25.4 Å². The number of anilines is 2. The predicted molar refractivity (Wildman–Crippen MR) is 147 cm³/mol. The lowest BCUT2D eigenvalue weighted by molar-refractivity contribution is 0.0544. The van der Waals surface area contributed by atoms with E-state index in [0.717, 1.165) is 37.0 Å². The van der Waals surface area contributed by atoms with Crippen molar-refractivity contribution in [1.82, 2.24) is 25.1 Å². The summed E-state index contributed by atoms with van der Waals surface area (Å²) in [5, 5.41) is 22.0. The van der Waals surface area contributed by atoms with Crippen LogP contribution in [0.2, 0.25) is 0 Å². The average Bonchev–Trinajstić information content (AvgIpc) is 3.47. The van der Waals surface area contributed by atoms with Gasteiger partial charge in [-0.05, 0) is 57.4 Å². The fraction of sp³-hybridized carbons (Fsp3) is 0.429. The summed E-state index contributed by atoms with van der Waals surface area (Å²) >= 11 is 0. The second-order valence-electron chi connectivity index (χ2n) is 10.7. The van der Waals surface area contributed by atoms with Crippen molar-refractivity contribution in [2.75, 3.05) is 23.3 Å². The molecule has 11 heteroatoms. The first-order valence-electron chi connectivity index (χ1n) is 13.3. The second-order valence-corrected chi connectivity index (χ2v) is 10.7. The second kappa shape index (κ2) is 10.0. The number of hydrogen-bond donors (Lipinski definition) is 3. The Morgan fingerprint density at radius 1 is 1.18 bits per heavy atom. The zero-order valence-corrected chi connectivity index (χ0v) is 22.2. The zero-order chi connectivity index (χ0) is 27.3. The van der Waals surface area contributed by atoms with Crippen LogP contribution in [0, 0.1) is 5.82 Å². The molecule has 1 amide bonds. The minimum absolute atomic E-state index is 0.115. The minimum atomic E-state index is -0.570. The molecule has 3 heterocycles. The van der Waals surface area contributed by atoms with E-state index in [9.17, 15) is 14.3 Å². The van der Waals surface area contributed by atoms with E-state index in [4.69, 9.17) is 4.74 Å². The number of nitrogens with zero attached hydrogens (tertiary/aromatic N) is 5. The molecule has 2 aliphatic rings. The maximum atomic E-state index is 14.7. The first kappa shape index (κ1) is 25.4. The van der Waals surface area contributed by atoms with Gasteiger partial charge in [-0.25, -0.2) is 9.37 Å². The van der Waals surface area contributed by atoms with Gasteiger partial charge in [0.15, 0.2) is 5.82 Å². The van der Waals surface area contributed by atoms with Crippen LogP contribution >= 0.6 is 0 Å². The van der Waals surface area contributed by atoms with E-state index in [1.165, 1.54) is 10.7 Å². The van der Waals surface area contributed by atoms with E-state index in [-0.39, 0.29) is 29.7 Å². The Hall–Kier alpha value is -3.83. The van der Waals surface area contributed by atoms with E-state index in [1.54, 1.807) is 31.6 Å². The Bertz CT molecular complexity index is 1550. The number of nitrogens with one attached hydrogen (secondary N) is 2. The van der Waals surface area contributed by atoms with Gasteiger partial charge in [0.1, 0.15) is 11.6 Å². The first-order chi connectivity index (χ1) is 18.7. The highest BCUT2D eigenvalue weighted by Gasteiger charge is 2.29. The van der Waals surface area contributed by atoms with Crippen LogP contribution in [0.3, 0.4) is 0 Å². The van der Waals surface area contributed by atoms with E-state index >= 15 is 0 Å². The lowest BCUT2D eigenvalue weighted by atomic mass is 10.0. The van der Waals surface area contributed by atoms with Gasteiger partial charge in [-0.15, -0.1) is 0 Å². The molecule has 3 N–H and O–H groups in total. The Labute approximate surface area is 225 Å². The molecular formula is C28H32FN7O3. The molecule has 0 bridgehead atoms. The van der Waals surface area contributed by atoms with Crippen LogP contribution in [-0.2, 0) is 7.05 Å². The maximum absolute atomic E-state index is 14.7. The van der Waals surface area contributed by atoms with Crippen molar-refractivity contribution in [3.05, 3.63) is 48.0 Å². The number of ether oxygens (including phenoxy) is 1. The molecule has 4 aromatic rings. The summed E-state index contributed by atoms with van der Waals surface area (Å²) in [6.45, 7) is 5.87. The quantitative estimate of drug-likeness (QED) is 0.358. The van der Waals surface area contributed by atoms with Crippen molar-refractivity contribution in [1.29, 1.82) is 0 Å². The highest BCUT2D eigenvalue weighted by molar-refractivity contribution is 6.14. The van der Waals surface area contributed by atoms with Gasteiger partial charge in [-0.2, -0.15) is 10.1 Å². The van der Waals surface area contributed by atoms with Crippen molar-refractivity contribution >= 4 is 39.1 Å². The van der Waals surface area contributed by atoms with Crippen molar-refractivity contribution < 1.29 is 19.0 Å². The smallest absolute Gasteiger partial charge is 0.317 e. The Morgan fingerprint density at radius 3 is 2.72 bits per heavy atom. The minimum Gasteiger partial charge on any atom is -0.457 e. The fourth-order valence-electron chi connectivity index (χ4n) is 5.79. The summed E-state index contributed by atoms with van der Waals surface area (Å²) in [6, 6.07) is 7.30. The summed E-state index contributed by atoms with van der Waals surface area (Å²) < 4.78 is 22.1. The summed E-state index contributed by atoms with van der Waals surface area (Å²) in [5.74, 6) is -0.944. The Balaban J connectivity index is 1.39. The lowest BCUT2D eigenvalue weighted by Gasteiger charge is -2.38. The number of aryl methyl sites for hydroxylation is 1. The number of aromatic nitrogens is 4. The highest BCUT2D eigenvalue weighted by Crippen LogP contribution is 2.32. The molecule has 1 saturated heterocycles. The number of aliphatic hydroxyl groups excluding tert-OH is 1. The molecule has 1 aliphatic carbocycles. The van der Waals surface area contributed by atoms with Gasteiger partial charge in [-0.1, -0.05) is 0 Å². The van der Waals surface area contributed by atoms with Gasteiger partial charge in [0.05, 0.1) is 17.2 Å². The summed E-state index contributed by atoms with van der Waals surface area (Å²) in [6.07, 6.45) is 4.69. The number of piperazine rings is 1. The van der Waals surface area contributed by atoms with Crippen LogP contribution in [0.1, 0.15) is 43.5 Å². The van der Waals surface area contributed by atoms with Gasteiger partial charge in [-0.3, -0.25) is 9.48 Å². The van der Waals surface area contributed by atoms with Crippen LogP contribution in [0.5, 0.6) is 6.01 Å². The molecule has 2 aromatic heterocycles. The number of aliphatic hydroxyl groups is 1. The van der Waals surface area contributed by atoms with E-state index in [2.05, 4.69) is 44.4 Å². The lowest BCUT2D eigenvalue weighted by Crippen LogP contribution is -2.54. The number of benzene rings is 2. The van der Waals surface area contributed by atoms with Crippen LogP contribution in [0.4, 0.5) is 15.8 Å². The van der Waals surface area contributed by atoms with Gasteiger partial charge >= 0.3 is 6.01 Å². The van der Waals surface area contributed by atoms with Crippen molar-refractivity contribution in [3.63, 3.8) is 0 Å². The van der Waals surface area contributed by atoms with Crippen molar-refractivity contribution in [2.24, 2.45) is 7.05 Å². The molecule has 2 fully saturated rings. The van der Waals surface area contributed by atoms with Crippen molar-refractivity contribution in [2.45, 2.75) is 57.4 Å².